The zero-order valence-corrected chi connectivity index (χ0v) is 10.5. The molecule has 17 heavy (non-hydrogen) atoms. The van der Waals surface area contributed by atoms with Gasteiger partial charge in [-0.05, 0) is 13.3 Å². The Morgan fingerprint density at radius 2 is 2.47 bits per heavy atom. The van der Waals surface area contributed by atoms with Crippen molar-refractivity contribution in [2.75, 3.05) is 20.3 Å². The molecule has 0 saturated heterocycles. The van der Waals surface area contributed by atoms with E-state index < -0.39 is 0 Å². The maximum Gasteiger partial charge on any atom is 0.0986 e. The summed E-state index contributed by atoms with van der Waals surface area (Å²) in [5.41, 5.74) is 1.16. The maximum atomic E-state index is 5.58. The number of aromatic nitrogens is 2. The lowest BCUT2D eigenvalue weighted by atomic mass is 9.85. The van der Waals surface area contributed by atoms with Crippen LogP contribution in [0.2, 0.25) is 0 Å². The molecule has 1 saturated carbocycles. The summed E-state index contributed by atoms with van der Waals surface area (Å²) >= 11 is 0. The van der Waals surface area contributed by atoms with Crippen LogP contribution in [0.5, 0.6) is 0 Å². The summed E-state index contributed by atoms with van der Waals surface area (Å²) in [5.74, 6) is 0. The van der Waals surface area contributed by atoms with Crippen LogP contribution in [0.25, 0.3) is 0 Å². The van der Waals surface area contributed by atoms with Gasteiger partial charge in [-0.3, -0.25) is 0 Å². The van der Waals surface area contributed by atoms with E-state index in [4.69, 9.17) is 9.47 Å². The molecule has 5 nitrogen and oxygen atoms in total. The number of hydrogen-bond donors (Lipinski definition) is 2. The molecule has 5 heteroatoms. The third-order valence-corrected chi connectivity index (χ3v) is 3.26. The first-order valence-electron chi connectivity index (χ1n) is 6.20. The van der Waals surface area contributed by atoms with Gasteiger partial charge in [0.05, 0.1) is 18.5 Å². The summed E-state index contributed by atoms with van der Waals surface area (Å²) < 4.78 is 11.0. The molecule has 0 bridgehead atoms. The van der Waals surface area contributed by atoms with E-state index in [1.807, 2.05) is 13.1 Å². The highest BCUT2D eigenvalue weighted by Gasteiger charge is 2.41. The third-order valence-electron chi connectivity index (χ3n) is 3.26. The molecule has 3 unspecified atom stereocenters. The first-order chi connectivity index (χ1) is 8.35. The lowest BCUT2D eigenvalue weighted by Crippen LogP contribution is -2.60. The minimum absolute atomic E-state index is 0.191. The second-order valence-corrected chi connectivity index (χ2v) is 4.32. The molecule has 1 heterocycles. The van der Waals surface area contributed by atoms with Crippen molar-refractivity contribution >= 4 is 0 Å². The molecular weight excluding hydrogens is 218 g/mol. The number of hydrogen-bond acceptors (Lipinski definition) is 4. The van der Waals surface area contributed by atoms with Crippen LogP contribution >= 0.6 is 0 Å². The average molecular weight is 239 g/mol. The van der Waals surface area contributed by atoms with Crippen LogP contribution in [0.1, 0.15) is 19.0 Å². The van der Waals surface area contributed by atoms with Crippen LogP contribution in [0.4, 0.5) is 0 Å². The number of rotatable bonds is 7. The van der Waals surface area contributed by atoms with Crippen molar-refractivity contribution < 1.29 is 9.47 Å². The average Bonchev–Trinajstić information content (AvgIpc) is 2.80. The Bertz CT molecular complexity index is 316. The van der Waals surface area contributed by atoms with Crippen molar-refractivity contribution in [2.24, 2.45) is 0 Å². The zero-order chi connectivity index (χ0) is 12.1. The largest absolute Gasteiger partial charge is 0.377 e. The molecule has 0 radical (unpaired) electrons. The van der Waals surface area contributed by atoms with E-state index in [0.717, 1.165) is 31.7 Å². The van der Waals surface area contributed by atoms with Crippen molar-refractivity contribution in [3.8, 4) is 0 Å². The summed E-state index contributed by atoms with van der Waals surface area (Å²) in [6.45, 7) is 3.71. The van der Waals surface area contributed by atoms with E-state index in [9.17, 15) is 0 Å². The SMILES string of the molecule is CCOC1CC(NCCc2cnc[nH]2)C1OC. The van der Waals surface area contributed by atoms with Crippen LogP contribution in [0.3, 0.4) is 0 Å². The van der Waals surface area contributed by atoms with E-state index in [2.05, 4.69) is 15.3 Å². The van der Waals surface area contributed by atoms with Gasteiger partial charge in [-0.25, -0.2) is 4.98 Å². The molecule has 0 aromatic carbocycles. The van der Waals surface area contributed by atoms with Crippen LogP contribution in [0.15, 0.2) is 12.5 Å². The molecule has 1 aliphatic rings. The van der Waals surface area contributed by atoms with Gasteiger partial charge in [0.15, 0.2) is 0 Å². The number of aromatic amines is 1. The van der Waals surface area contributed by atoms with Crippen molar-refractivity contribution in [1.29, 1.82) is 0 Å². The second kappa shape index (κ2) is 6.14. The zero-order valence-electron chi connectivity index (χ0n) is 10.5. The number of imidazole rings is 1. The van der Waals surface area contributed by atoms with Gasteiger partial charge >= 0.3 is 0 Å². The topological polar surface area (TPSA) is 59.2 Å². The van der Waals surface area contributed by atoms with Gasteiger partial charge in [-0.1, -0.05) is 0 Å². The van der Waals surface area contributed by atoms with Crippen molar-refractivity contribution in [3.05, 3.63) is 18.2 Å². The van der Waals surface area contributed by atoms with E-state index in [-0.39, 0.29) is 12.2 Å². The van der Waals surface area contributed by atoms with Crippen LogP contribution in [-0.2, 0) is 15.9 Å². The van der Waals surface area contributed by atoms with E-state index in [0.29, 0.717) is 6.04 Å². The molecular formula is C12H21N3O2. The highest BCUT2D eigenvalue weighted by molar-refractivity contribution is 4.99. The predicted octanol–water partition coefficient (Wildman–Crippen LogP) is 0.734. The van der Waals surface area contributed by atoms with Crippen LogP contribution in [-0.4, -0.2) is 48.5 Å². The fourth-order valence-electron chi connectivity index (χ4n) is 2.29. The van der Waals surface area contributed by atoms with E-state index in [1.165, 1.54) is 0 Å². The summed E-state index contributed by atoms with van der Waals surface area (Å²) in [6.07, 6.45) is 6.02. The van der Waals surface area contributed by atoms with Gasteiger partial charge in [0.1, 0.15) is 0 Å². The van der Waals surface area contributed by atoms with Crippen molar-refractivity contribution in [1.82, 2.24) is 15.3 Å². The number of ether oxygens (including phenoxy) is 2. The minimum atomic E-state index is 0.191. The first kappa shape index (κ1) is 12.5. The Labute approximate surface area is 102 Å². The Hall–Kier alpha value is -0.910. The standard InChI is InChI=1S/C12H21N3O2/c1-3-17-11-6-10(12(11)16-2)14-5-4-9-7-13-8-15-9/h7-8,10-12,14H,3-6H2,1-2H3,(H,13,15). The summed E-state index contributed by atoms with van der Waals surface area (Å²) in [6, 6.07) is 0.416. The Morgan fingerprint density at radius 1 is 1.59 bits per heavy atom. The smallest absolute Gasteiger partial charge is 0.0986 e. The fraction of sp³-hybridized carbons (Fsp3) is 0.750. The van der Waals surface area contributed by atoms with Crippen LogP contribution in [0, 0.1) is 0 Å². The van der Waals surface area contributed by atoms with Gasteiger partial charge < -0.3 is 19.8 Å². The quantitative estimate of drug-likeness (QED) is 0.736. The number of nitrogens with one attached hydrogen (secondary N) is 2. The maximum absolute atomic E-state index is 5.58. The number of methoxy groups -OCH3 is 1. The molecule has 0 spiro atoms. The van der Waals surface area contributed by atoms with E-state index >= 15 is 0 Å². The molecule has 1 fully saturated rings. The Morgan fingerprint density at radius 3 is 3.12 bits per heavy atom. The molecule has 1 aromatic rings. The molecule has 1 aliphatic carbocycles. The van der Waals surface area contributed by atoms with Crippen molar-refractivity contribution in [2.45, 2.75) is 38.0 Å². The van der Waals surface area contributed by atoms with Crippen LogP contribution < -0.4 is 5.32 Å². The first-order valence-corrected chi connectivity index (χ1v) is 6.20. The molecule has 2 rings (SSSR count). The highest BCUT2D eigenvalue weighted by atomic mass is 16.5. The van der Waals surface area contributed by atoms with Gasteiger partial charge in [0.25, 0.3) is 0 Å². The third kappa shape index (κ3) is 3.06. The Kier molecular flexibility index (Phi) is 4.53. The number of H-pyrrole nitrogens is 1. The predicted molar refractivity (Wildman–Crippen MR) is 64.9 cm³/mol. The van der Waals surface area contributed by atoms with Crippen molar-refractivity contribution in [3.63, 3.8) is 0 Å². The lowest BCUT2D eigenvalue weighted by Gasteiger charge is -2.43. The highest BCUT2D eigenvalue weighted by Crippen LogP contribution is 2.26. The normalized spacial score (nSPS) is 28.0. The fourth-order valence-corrected chi connectivity index (χ4v) is 2.29. The molecule has 1 aromatic heterocycles. The molecule has 3 atom stereocenters. The monoisotopic (exact) mass is 239 g/mol. The molecule has 2 N–H and O–H groups in total. The summed E-state index contributed by atoms with van der Waals surface area (Å²) in [4.78, 5) is 7.09. The summed E-state index contributed by atoms with van der Waals surface area (Å²) in [7, 11) is 1.75. The minimum Gasteiger partial charge on any atom is -0.377 e. The van der Waals surface area contributed by atoms with Gasteiger partial charge in [0, 0.05) is 44.6 Å². The second-order valence-electron chi connectivity index (χ2n) is 4.32. The van der Waals surface area contributed by atoms with Gasteiger partial charge in [0.2, 0.25) is 0 Å². The summed E-state index contributed by atoms with van der Waals surface area (Å²) in [5, 5.41) is 3.49. The Balaban J connectivity index is 1.66. The number of nitrogens with zero attached hydrogens (tertiary/aromatic N) is 1. The molecule has 96 valence electrons. The van der Waals surface area contributed by atoms with Gasteiger partial charge in [-0.15, -0.1) is 0 Å². The van der Waals surface area contributed by atoms with E-state index in [1.54, 1.807) is 13.4 Å². The van der Waals surface area contributed by atoms with Gasteiger partial charge in [-0.2, -0.15) is 0 Å². The molecule has 0 amide bonds. The lowest BCUT2D eigenvalue weighted by molar-refractivity contribution is -0.131. The molecule has 0 aliphatic heterocycles.